The van der Waals surface area contributed by atoms with Gasteiger partial charge < -0.3 is 10.0 Å². The summed E-state index contributed by atoms with van der Waals surface area (Å²) in [6.45, 7) is 3.58. The van der Waals surface area contributed by atoms with E-state index in [9.17, 15) is 23.1 Å². The predicted molar refractivity (Wildman–Crippen MR) is 69.2 cm³/mol. The van der Waals surface area contributed by atoms with Gasteiger partial charge in [0.2, 0.25) is 5.91 Å². The maximum Gasteiger partial charge on any atom is 0.406 e. The van der Waals surface area contributed by atoms with Gasteiger partial charge in [-0.2, -0.15) is 13.2 Å². The highest BCUT2D eigenvalue weighted by Gasteiger charge is 2.33. The number of piperidine rings is 1. The molecule has 1 fully saturated rings. The smallest absolute Gasteiger partial charge is 0.393 e. The van der Waals surface area contributed by atoms with E-state index in [0.29, 0.717) is 25.9 Å². The first-order valence-electron chi connectivity index (χ1n) is 6.92. The molecule has 0 atom stereocenters. The van der Waals surface area contributed by atoms with E-state index in [1.54, 1.807) is 18.7 Å². The van der Waals surface area contributed by atoms with Gasteiger partial charge in [-0.05, 0) is 18.8 Å². The summed E-state index contributed by atoms with van der Waals surface area (Å²) in [5, 5.41) is 9.37. The summed E-state index contributed by atoms with van der Waals surface area (Å²) < 4.78 is 37.5. The van der Waals surface area contributed by atoms with Gasteiger partial charge in [0.05, 0.1) is 12.6 Å². The molecule has 7 heteroatoms. The minimum absolute atomic E-state index is 0.00444. The Balaban J connectivity index is 2.54. The Morgan fingerprint density at radius 3 is 2.35 bits per heavy atom. The van der Waals surface area contributed by atoms with E-state index in [1.165, 1.54) is 0 Å². The normalized spacial score (nSPS) is 18.6. The number of hydrogen-bond donors (Lipinski definition) is 1. The van der Waals surface area contributed by atoms with Gasteiger partial charge >= 0.3 is 6.18 Å². The van der Waals surface area contributed by atoms with Gasteiger partial charge in [0.25, 0.3) is 0 Å². The Labute approximate surface area is 117 Å². The number of rotatable bonds is 5. The quantitative estimate of drug-likeness (QED) is 0.836. The molecule has 1 rings (SSSR count). The Morgan fingerprint density at radius 2 is 1.90 bits per heavy atom. The van der Waals surface area contributed by atoms with Crippen LogP contribution in [0.4, 0.5) is 13.2 Å². The highest BCUT2D eigenvalue weighted by molar-refractivity contribution is 5.78. The minimum atomic E-state index is -4.37. The van der Waals surface area contributed by atoms with E-state index >= 15 is 0 Å². The van der Waals surface area contributed by atoms with Gasteiger partial charge in [-0.15, -0.1) is 0 Å². The number of amides is 1. The van der Waals surface area contributed by atoms with Crippen molar-refractivity contribution in [3.63, 3.8) is 0 Å². The highest BCUT2D eigenvalue weighted by Crippen LogP contribution is 2.18. The van der Waals surface area contributed by atoms with Crippen LogP contribution in [0.25, 0.3) is 0 Å². The Hall–Kier alpha value is -0.820. The Kier molecular flexibility index (Phi) is 6.26. The second-order valence-corrected chi connectivity index (χ2v) is 5.79. The van der Waals surface area contributed by atoms with E-state index in [0.717, 1.165) is 4.90 Å². The molecule has 1 N–H and O–H groups in total. The van der Waals surface area contributed by atoms with Crippen LogP contribution in [0, 0.1) is 5.92 Å². The van der Waals surface area contributed by atoms with Crippen LogP contribution < -0.4 is 0 Å². The van der Waals surface area contributed by atoms with Crippen LogP contribution in [-0.4, -0.2) is 65.8 Å². The number of carbonyl (C=O) groups excluding carboxylic acids is 1. The lowest BCUT2D eigenvalue weighted by molar-refractivity contribution is -0.163. The van der Waals surface area contributed by atoms with Crippen LogP contribution in [0.2, 0.25) is 0 Å². The first-order valence-corrected chi connectivity index (χ1v) is 6.92. The fourth-order valence-electron chi connectivity index (χ4n) is 2.28. The molecule has 0 aromatic rings. The lowest BCUT2D eigenvalue weighted by Crippen LogP contribution is -2.47. The number of alkyl halides is 3. The van der Waals surface area contributed by atoms with Crippen molar-refractivity contribution in [2.45, 2.75) is 39.0 Å². The zero-order valence-electron chi connectivity index (χ0n) is 12.0. The Bertz CT molecular complexity index is 313. The van der Waals surface area contributed by atoms with Crippen molar-refractivity contribution < 1.29 is 23.1 Å². The van der Waals surface area contributed by atoms with Gasteiger partial charge in [-0.3, -0.25) is 9.69 Å². The van der Waals surface area contributed by atoms with Gasteiger partial charge in [-0.1, -0.05) is 13.8 Å². The molecule has 118 valence electrons. The summed E-state index contributed by atoms with van der Waals surface area (Å²) in [7, 11) is 0. The highest BCUT2D eigenvalue weighted by atomic mass is 19.4. The lowest BCUT2D eigenvalue weighted by atomic mass is 10.1. The summed E-state index contributed by atoms with van der Waals surface area (Å²) in [5.74, 6) is -0.503. The molecule has 0 radical (unpaired) electrons. The molecule has 4 nitrogen and oxygen atoms in total. The van der Waals surface area contributed by atoms with Crippen LogP contribution in [0.15, 0.2) is 0 Å². The molecule has 0 aromatic heterocycles. The second-order valence-electron chi connectivity index (χ2n) is 5.79. The number of halogens is 3. The Morgan fingerprint density at radius 1 is 1.35 bits per heavy atom. The van der Waals surface area contributed by atoms with Crippen molar-refractivity contribution in [3.05, 3.63) is 0 Å². The monoisotopic (exact) mass is 296 g/mol. The molecule has 0 saturated carbocycles. The van der Waals surface area contributed by atoms with Gasteiger partial charge in [0, 0.05) is 19.6 Å². The third-order valence-corrected chi connectivity index (χ3v) is 3.22. The minimum Gasteiger partial charge on any atom is -0.393 e. The van der Waals surface area contributed by atoms with Crippen molar-refractivity contribution >= 4 is 5.91 Å². The van der Waals surface area contributed by atoms with Crippen molar-refractivity contribution in [1.29, 1.82) is 0 Å². The van der Waals surface area contributed by atoms with Crippen molar-refractivity contribution in [3.8, 4) is 0 Å². The average molecular weight is 296 g/mol. The standard InChI is InChI=1S/C13H23F3N2O2/c1-10(2)7-18(9-13(14,15)16)12(20)8-17-5-3-11(19)4-6-17/h10-11,19H,3-9H2,1-2H3. The maximum atomic E-state index is 12.5. The maximum absolute atomic E-state index is 12.5. The van der Waals surface area contributed by atoms with Crippen molar-refractivity contribution in [2.75, 3.05) is 32.7 Å². The fourth-order valence-corrected chi connectivity index (χ4v) is 2.28. The van der Waals surface area contributed by atoms with Gasteiger partial charge in [0.1, 0.15) is 6.54 Å². The van der Waals surface area contributed by atoms with Crippen molar-refractivity contribution in [1.82, 2.24) is 9.80 Å². The number of nitrogens with zero attached hydrogens (tertiary/aromatic N) is 2. The summed E-state index contributed by atoms with van der Waals surface area (Å²) in [4.78, 5) is 14.7. The lowest BCUT2D eigenvalue weighted by Gasteiger charge is -2.32. The predicted octanol–water partition coefficient (Wildman–Crippen LogP) is 1.49. The molecule has 1 aliphatic heterocycles. The third-order valence-electron chi connectivity index (χ3n) is 3.22. The van der Waals surface area contributed by atoms with Crippen LogP contribution in [0.1, 0.15) is 26.7 Å². The second kappa shape index (κ2) is 7.26. The van der Waals surface area contributed by atoms with Crippen molar-refractivity contribution in [2.24, 2.45) is 5.92 Å². The van der Waals surface area contributed by atoms with Crippen LogP contribution in [0.5, 0.6) is 0 Å². The molecule has 0 unspecified atom stereocenters. The average Bonchev–Trinajstić information content (AvgIpc) is 2.29. The molecule has 1 heterocycles. The molecule has 1 aliphatic rings. The summed E-state index contributed by atoms with van der Waals surface area (Å²) in [5.41, 5.74) is 0. The van der Waals surface area contributed by atoms with Crippen LogP contribution in [-0.2, 0) is 4.79 Å². The third kappa shape index (κ3) is 6.56. The zero-order valence-corrected chi connectivity index (χ0v) is 12.0. The van der Waals surface area contributed by atoms with E-state index in [4.69, 9.17) is 0 Å². The molecular weight excluding hydrogens is 273 g/mol. The van der Waals surface area contributed by atoms with E-state index in [1.807, 2.05) is 0 Å². The van der Waals surface area contributed by atoms with E-state index in [2.05, 4.69) is 0 Å². The number of carbonyl (C=O) groups is 1. The topological polar surface area (TPSA) is 43.8 Å². The summed E-state index contributed by atoms with van der Waals surface area (Å²) in [6.07, 6.45) is -3.60. The molecule has 0 spiro atoms. The molecule has 0 aromatic carbocycles. The number of aliphatic hydroxyl groups is 1. The number of aliphatic hydroxyl groups excluding tert-OH is 1. The zero-order chi connectivity index (χ0) is 15.3. The molecule has 1 saturated heterocycles. The fraction of sp³-hybridized carbons (Fsp3) is 0.923. The molecule has 20 heavy (non-hydrogen) atoms. The number of likely N-dealkylation sites (tertiary alicyclic amines) is 1. The molecule has 0 bridgehead atoms. The van der Waals surface area contributed by atoms with Crippen LogP contribution >= 0.6 is 0 Å². The molecule has 0 aliphatic carbocycles. The largest absolute Gasteiger partial charge is 0.406 e. The summed E-state index contributed by atoms with van der Waals surface area (Å²) in [6, 6.07) is 0. The number of hydrogen-bond acceptors (Lipinski definition) is 3. The van der Waals surface area contributed by atoms with E-state index < -0.39 is 18.6 Å². The molecular formula is C13H23F3N2O2. The first-order chi connectivity index (χ1) is 9.17. The first kappa shape index (κ1) is 17.2. The van der Waals surface area contributed by atoms with Crippen LogP contribution in [0.3, 0.4) is 0 Å². The van der Waals surface area contributed by atoms with E-state index in [-0.39, 0.29) is 25.1 Å². The summed E-state index contributed by atoms with van der Waals surface area (Å²) >= 11 is 0. The molecule has 1 amide bonds. The SMILES string of the molecule is CC(C)CN(CC(F)(F)F)C(=O)CN1CCC(O)CC1. The van der Waals surface area contributed by atoms with Gasteiger partial charge in [-0.25, -0.2) is 0 Å². The van der Waals surface area contributed by atoms with Gasteiger partial charge in [0.15, 0.2) is 0 Å².